The van der Waals surface area contributed by atoms with Crippen molar-refractivity contribution in [2.24, 2.45) is 0 Å². The van der Waals surface area contributed by atoms with E-state index >= 15 is 26.3 Å². The third kappa shape index (κ3) is 12.9. The van der Waals surface area contributed by atoms with Crippen LogP contribution >= 0.6 is 7.82 Å². The average Bonchev–Trinajstić information content (AvgIpc) is 3.26. The molecule has 0 aromatic heterocycles. The van der Waals surface area contributed by atoms with Crippen molar-refractivity contribution < 1.29 is 204 Å². The van der Waals surface area contributed by atoms with Crippen LogP contribution < -0.4 is 13.6 Å². The van der Waals surface area contributed by atoms with Crippen LogP contribution in [-0.2, 0) is 35.4 Å². The van der Waals surface area contributed by atoms with Crippen molar-refractivity contribution in [1.82, 2.24) is 0 Å². The zero-order chi connectivity index (χ0) is 65.5. The summed E-state index contributed by atoms with van der Waals surface area (Å²) in [6.45, 7) is 0. The molecular weight excluding hydrogens is 1310 g/mol. The van der Waals surface area contributed by atoms with Crippen LogP contribution in [-0.4, -0.2) is 96.8 Å². The summed E-state index contributed by atoms with van der Waals surface area (Å²) >= 11 is 0. The Labute approximate surface area is 428 Å². The van der Waals surface area contributed by atoms with Crippen molar-refractivity contribution in [2.45, 2.75) is 109 Å². The van der Waals surface area contributed by atoms with Gasteiger partial charge in [-0.05, 0) is 60.7 Å². The standard InChI is InChI=1S/C36H13F38O8P/c37-19(38,23(45,29(55,56)57)79-35(71,72)25(47,31(61,62)63)81-33(67,68)21(41,42)27(49,50)51)14-6-10-17(11-7-14)77-83(75,76-16-4-2-1-3-5-16)78-18-12-8-15(9-13-18)20(39,40)24(46,30(58,59)60)80-36(73,74)26(48,32(64,65)66)82-34(69,70)22(43,44)28(52,53)54/h1-13H. The molecule has 83 heavy (non-hydrogen) atoms. The number of ether oxygens (including phenoxy) is 4. The highest BCUT2D eigenvalue weighted by Crippen LogP contribution is 2.63. The van der Waals surface area contributed by atoms with Gasteiger partial charge in [-0.1, -0.05) is 18.2 Å². The molecule has 8 nitrogen and oxygen atoms in total. The number of phosphoric ester groups is 1. The predicted molar refractivity (Wildman–Crippen MR) is 182 cm³/mol. The summed E-state index contributed by atoms with van der Waals surface area (Å²) in [5.74, 6) is -68.6. The molecule has 3 aromatic carbocycles. The van der Waals surface area contributed by atoms with E-state index in [-0.39, 0.29) is 0 Å². The molecular formula is C36H13F38O8P. The molecule has 0 aliphatic carbocycles. The highest BCUT2D eigenvalue weighted by atomic mass is 31.2. The summed E-state index contributed by atoms with van der Waals surface area (Å²) in [4.78, 5) is 0. The highest BCUT2D eigenvalue weighted by molar-refractivity contribution is 7.49. The van der Waals surface area contributed by atoms with Crippen LogP contribution in [0.25, 0.3) is 0 Å². The zero-order valence-electron chi connectivity index (χ0n) is 37.1. The van der Waals surface area contributed by atoms with Gasteiger partial charge in [0.15, 0.2) is 0 Å². The summed E-state index contributed by atoms with van der Waals surface area (Å²) in [6, 6.07) is -0.838. The molecule has 4 unspecified atom stereocenters. The van der Waals surface area contributed by atoms with Crippen LogP contribution in [0.4, 0.5) is 167 Å². The molecule has 476 valence electrons. The Hall–Kier alpha value is -5.53. The maximum absolute atomic E-state index is 15.3. The van der Waals surface area contributed by atoms with Crippen LogP contribution in [0.1, 0.15) is 11.1 Å². The second-order valence-electron chi connectivity index (χ2n) is 15.2. The number of benzene rings is 3. The van der Waals surface area contributed by atoms with E-state index in [0.717, 1.165) is 18.2 Å². The van der Waals surface area contributed by atoms with Crippen LogP contribution in [0.5, 0.6) is 17.2 Å². The van der Waals surface area contributed by atoms with E-state index in [4.69, 9.17) is 4.52 Å². The highest BCUT2D eigenvalue weighted by Gasteiger charge is 2.89. The van der Waals surface area contributed by atoms with Crippen molar-refractivity contribution in [3.63, 3.8) is 0 Å². The van der Waals surface area contributed by atoms with Gasteiger partial charge in [0, 0.05) is 11.1 Å². The van der Waals surface area contributed by atoms with Crippen molar-refractivity contribution in [1.29, 1.82) is 0 Å². The zero-order valence-corrected chi connectivity index (χ0v) is 38.0. The predicted octanol–water partition coefficient (Wildman–Crippen LogP) is 17.3. The van der Waals surface area contributed by atoms with E-state index in [1.165, 1.54) is 9.47 Å². The fourth-order valence-corrected chi connectivity index (χ4v) is 6.46. The molecule has 0 fully saturated rings. The van der Waals surface area contributed by atoms with Gasteiger partial charge in [0.2, 0.25) is 0 Å². The molecule has 0 spiro atoms. The third-order valence-electron chi connectivity index (χ3n) is 9.36. The molecule has 3 rings (SSSR count). The maximum Gasteiger partial charge on any atom is 0.647 e. The SMILES string of the molecule is O=P(Oc1ccccc1)(Oc1ccc(C(F)(F)C(F)(OC(F)(F)C(F)(OC(F)(F)C(F)(F)C(F)(F)F)C(F)(F)F)C(F)(F)F)cc1)Oc1ccc(C(F)(F)C(F)(OC(F)(F)C(F)(OC(F)(F)C(F)(F)C(F)(F)F)C(F)(F)F)C(F)(F)F)cc1. The number of phosphoric acid groups is 1. The molecule has 4 atom stereocenters. The van der Waals surface area contributed by atoms with Gasteiger partial charge in [-0.25, -0.2) is 0 Å². The van der Waals surface area contributed by atoms with Gasteiger partial charge >= 0.3 is 116 Å². The quantitative estimate of drug-likeness (QED) is 0.0727. The summed E-state index contributed by atoms with van der Waals surface area (Å²) in [6.07, 6.45) is -82.8. The van der Waals surface area contributed by atoms with Gasteiger partial charge in [0.05, 0.1) is 0 Å². The van der Waals surface area contributed by atoms with E-state index in [1.54, 1.807) is 9.47 Å². The number of hydrogen-bond acceptors (Lipinski definition) is 8. The van der Waals surface area contributed by atoms with Gasteiger partial charge in [0.1, 0.15) is 17.2 Å². The number of rotatable bonds is 22. The molecule has 47 heteroatoms. The maximum atomic E-state index is 15.3. The molecule has 0 N–H and O–H groups in total. The Balaban J connectivity index is 2.13. The third-order valence-corrected chi connectivity index (χ3v) is 10.7. The number of hydrogen-bond donors (Lipinski definition) is 0. The second-order valence-corrected chi connectivity index (χ2v) is 16.7. The Bertz CT molecular complexity index is 2590. The number of halogens is 38. The summed E-state index contributed by atoms with van der Waals surface area (Å²) in [5.41, 5.74) is -5.95. The van der Waals surface area contributed by atoms with E-state index < -0.39 is 193 Å². The van der Waals surface area contributed by atoms with Gasteiger partial charge in [0.25, 0.3) is 0 Å². The summed E-state index contributed by atoms with van der Waals surface area (Å²) < 4.78 is 558. The number of para-hydroxylation sites is 1. The first-order valence-electron chi connectivity index (χ1n) is 19.2. The lowest BCUT2D eigenvalue weighted by Gasteiger charge is -2.42. The van der Waals surface area contributed by atoms with Crippen LogP contribution in [0.3, 0.4) is 0 Å². The fourth-order valence-electron chi connectivity index (χ4n) is 5.21. The van der Waals surface area contributed by atoms with E-state index in [1.807, 2.05) is 0 Å². The van der Waals surface area contributed by atoms with E-state index in [9.17, 15) is 145 Å². The molecule has 0 amide bonds. The van der Waals surface area contributed by atoms with Crippen LogP contribution in [0, 0.1) is 0 Å². The Kier molecular flexibility index (Phi) is 18.3. The van der Waals surface area contributed by atoms with Gasteiger partial charge in [-0.3, -0.25) is 18.9 Å². The van der Waals surface area contributed by atoms with Gasteiger partial charge in [-0.15, -0.1) is 0 Å². The first kappa shape index (κ1) is 71.7. The average molecular weight is 1330 g/mol. The second kappa shape index (κ2) is 21.2. The topological polar surface area (TPSA) is 81.7 Å². The summed E-state index contributed by atoms with van der Waals surface area (Å²) in [7, 11) is -6.15. The molecule has 0 bridgehead atoms. The lowest BCUT2D eigenvalue weighted by molar-refractivity contribution is -0.562. The van der Waals surface area contributed by atoms with Crippen LogP contribution in [0.2, 0.25) is 0 Å². The van der Waals surface area contributed by atoms with Crippen molar-refractivity contribution in [3.8, 4) is 17.2 Å². The molecule has 0 radical (unpaired) electrons. The number of alkyl halides is 38. The first-order chi connectivity index (χ1) is 36.3. The smallest absolute Gasteiger partial charge is 0.386 e. The molecule has 0 heterocycles. The molecule has 0 saturated carbocycles. The van der Waals surface area contributed by atoms with Crippen LogP contribution in [0.15, 0.2) is 78.9 Å². The Morgan fingerprint density at radius 3 is 0.687 bits per heavy atom. The van der Waals surface area contributed by atoms with Crippen molar-refractivity contribution >= 4 is 7.82 Å². The summed E-state index contributed by atoms with van der Waals surface area (Å²) in [5, 5.41) is 0. The lowest BCUT2D eigenvalue weighted by Crippen LogP contribution is -2.69. The van der Waals surface area contributed by atoms with E-state index in [2.05, 4.69) is 9.05 Å². The van der Waals surface area contributed by atoms with Crippen molar-refractivity contribution in [2.75, 3.05) is 0 Å². The minimum Gasteiger partial charge on any atom is -0.386 e. The fraction of sp³-hybridized carbons (Fsp3) is 0.500. The van der Waals surface area contributed by atoms with E-state index in [0.29, 0.717) is 12.1 Å². The largest absolute Gasteiger partial charge is 0.647 e. The first-order valence-corrected chi connectivity index (χ1v) is 20.7. The van der Waals surface area contributed by atoms with Crippen molar-refractivity contribution in [3.05, 3.63) is 90.0 Å². The molecule has 3 aromatic rings. The molecule has 0 aliphatic rings. The molecule has 0 saturated heterocycles. The monoisotopic (exact) mass is 1330 g/mol. The van der Waals surface area contributed by atoms with Gasteiger partial charge in [-0.2, -0.15) is 171 Å². The minimum atomic E-state index is -8.63. The Morgan fingerprint density at radius 1 is 0.253 bits per heavy atom. The lowest BCUT2D eigenvalue weighted by atomic mass is 10.00. The van der Waals surface area contributed by atoms with Gasteiger partial charge < -0.3 is 13.6 Å². The minimum absolute atomic E-state index is 0.434. The Morgan fingerprint density at radius 2 is 0.470 bits per heavy atom. The molecule has 0 aliphatic heterocycles. The normalized spacial score (nSPS) is 18.5.